The van der Waals surface area contributed by atoms with E-state index in [4.69, 9.17) is 27.9 Å². The van der Waals surface area contributed by atoms with Gasteiger partial charge in [0.25, 0.3) is 5.91 Å². The van der Waals surface area contributed by atoms with E-state index in [0.29, 0.717) is 38.5 Å². The molecule has 1 N–H and O–H groups in total. The second-order valence-corrected chi connectivity index (χ2v) is 8.56. The van der Waals surface area contributed by atoms with E-state index in [1.165, 1.54) is 4.90 Å². The monoisotopic (exact) mass is 434 g/mol. The quantitative estimate of drug-likeness (QED) is 0.580. The Kier molecular flexibility index (Phi) is 5.19. The largest absolute Gasteiger partial charge is 0.462 e. The number of benzene rings is 1. The molecule has 144 valence electrons. The summed E-state index contributed by atoms with van der Waals surface area (Å²) < 4.78 is 6.01. The summed E-state index contributed by atoms with van der Waals surface area (Å²) in [5.74, 6) is -0.783. The molecule has 4 rings (SSSR count). The number of halogens is 2. The van der Waals surface area contributed by atoms with Gasteiger partial charge in [0.05, 0.1) is 27.8 Å². The van der Waals surface area contributed by atoms with Crippen molar-refractivity contribution in [2.45, 2.75) is 13.3 Å². The summed E-state index contributed by atoms with van der Waals surface area (Å²) in [5.41, 5.74) is 3.25. The highest BCUT2D eigenvalue weighted by molar-refractivity contribution is 7.20. The number of H-pyrrole nitrogens is 1. The van der Waals surface area contributed by atoms with Crippen molar-refractivity contribution in [3.63, 3.8) is 0 Å². The highest BCUT2D eigenvalue weighted by atomic mass is 35.5. The molecule has 1 amide bonds. The minimum Gasteiger partial charge on any atom is -0.462 e. The van der Waals surface area contributed by atoms with Gasteiger partial charge in [-0.25, -0.2) is 4.79 Å². The molecule has 28 heavy (non-hydrogen) atoms. The molecular weight excluding hydrogens is 419 g/mol. The first kappa shape index (κ1) is 19.1. The van der Waals surface area contributed by atoms with Crippen LogP contribution in [0.3, 0.4) is 0 Å². The van der Waals surface area contributed by atoms with Gasteiger partial charge in [0.1, 0.15) is 4.34 Å². The molecule has 5 nitrogen and oxygen atoms in total. The number of esters is 1. The van der Waals surface area contributed by atoms with Gasteiger partial charge in [0.2, 0.25) is 0 Å². The van der Waals surface area contributed by atoms with Gasteiger partial charge in [0.15, 0.2) is 0 Å². The van der Waals surface area contributed by atoms with E-state index in [1.54, 1.807) is 19.2 Å². The molecular formula is C20H16Cl2N2O3S. The third-order valence-corrected chi connectivity index (χ3v) is 6.10. The number of fused-ring (bicyclic) bond motifs is 3. The number of thiophene rings is 1. The summed E-state index contributed by atoms with van der Waals surface area (Å²) in [7, 11) is 0. The summed E-state index contributed by atoms with van der Waals surface area (Å²) in [4.78, 5) is 30.5. The van der Waals surface area contributed by atoms with E-state index in [9.17, 15) is 9.59 Å². The summed E-state index contributed by atoms with van der Waals surface area (Å²) in [6, 6.07) is 9.40. The number of aromatic amines is 1. The lowest BCUT2D eigenvalue weighted by Crippen LogP contribution is -2.27. The van der Waals surface area contributed by atoms with Crippen molar-refractivity contribution in [2.75, 3.05) is 13.2 Å². The van der Waals surface area contributed by atoms with E-state index in [0.717, 1.165) is 27.8 Å². The lowest BCUT2D eigenvalue weighted by atomic mass is 10.0. The smallest absolute Gasteiger partial charge is 0.341 e. The third-order valence-electron chi connectivity index (χ3n) is 4.61. The van der Waals surface area contributed by atoms with Crippen LogP contribution in [0, 0.1) is 0 Å². The van der Waals surface area contributed by atoms with E-state index in [-0.39, 0.29) is 12.5 Å². The first-order valence-electron chi connectivity index (χ1n) is 8.74. The van der Waals surface area contributed by atoms with Crippen molar-refractivity contribution >= 4 is 62.9 Å². The predicted molar refractivity (Wildman–Crippen MR) is 112 cm³/mol. The van der Waals surface area contributed by atoms with Crippen LogP contribution in [0.4, 0.5) is 0 Å². The Morgan fingerprint density at radius 2 is 2.07 bits per heavy atom. The van der Waals surface area contributed by atoms with Crippen LogP contribution in [0.1, 0.15) is 28.5 Å². The number of hydrogen-bond donors (Lipinski definition) is 1. The predicted octanol–water partition coefficient (Wildman–Crippen LogP) is 5.14. The molecule has 1 aliphatic rings. The molecule has 0 saturated heterocycles. The Bertz CT molecular complexity index is 1120. The average molecular weight is 435 g/mol. The topological polar surface area (TPSA) is 62.4 Å². The summed E-state index contributed by atoms with van der Waals surface area (Å²) in [5, 5.41) is 1.03. The van der Waals surface area contributed by atoms with Crippen LogP contribution in [-0.4, -0.2) is 34.9 Å². The van der Waals surface area contributed by atoms with Crippen molar-refractivity contribution < 1.29 is 14.3 Å². The van der Waals surface area contributed by atoms with Crippen LogP contribution in [-0.2, 0) is 16.0 Å². The van der Waals surface area contributed by atoms with Crippen LogP contribution < -0.4 is 0 Å². The summed E-state index contributed by atoms with van der Waals surface area (Å²) in [6.45, 7) is 2.39. The molecule has 0 unspecified atom stereocenters. The second-order valence-electron chi connectivity index (χ2n) is 6.27. The van der Waals surface area contributed by atoms with Crippen LogP contribution in [0.15, 0.2) is 36.5 Å². The van der Waals surface area contributed by atoms with E-state index in [1.807, 2.05) is 24.3 Å². The number of carbonyl (C=O) groups excluding carboxylic acids is 2. The number of nitrogens with one attached hydrogen (secondary N) is 1. The molecule has 0 atom stereocenters. The third kappa shape index (κ3) is 3.32. The molecule has 2 aromatic heterocycles. The van der Waals surface area contributed by atoms with Crippen molar-refractivity contribution in [3.8, 4) is 0 Å². The number of aromatic nitrogens is 1. The van der Waals surface area contributed by atoms with Crippen LogP contribution >= 0.6 is 34.5 Å². The first-order chi connectivity index (χ1) is 13.5. The minimum absolute atomic E-state index is 0.242. The van der Waals surface area contributed by atoms with Gasteiger partial charge in [0, 0.05) is 23.6 Å². The molecule has 3 aromatic rings. The molecule has 3 heterocycles. The normalized spacial score (nSPS) is 13.8. The lowest BCUT2D eigenvalue weighted by molar-refractivity contribution is -0.136. The molecule has 0 fully saturated rings. The fraction of sp³-hybridized carbons (Fsp3) is 0.200. The molecule has 8 heteroatoms. The second kappa shape index (κ2) is 7.62. The number of ether oxygens (including phenoxy) is 1. The maximum atomic E-state index is 13.0. The minimum atomic E-state index is -0.482. The van der Waals surface area contributed by atoms with Crippen LogP contribution in [0.2, 0.25) is 8.67 Å². The van der Waals surface area contributed by atoms with Gasteiger partial charge < -0.3 is 14.6 Å². The van der Waals surface area contributed by atoms with Gasteiger partial charge >= 0.3 is 5.97 Å². The Labute approximate surface area is 175 Å². The van der Waals surface area contributed by atoms with Crippen LogP contribution in [0.25, 0.3) is 16.5 Å². The SMILES string of the molecule is CCOC(=O)C1=CN(C(=O)c2cc(Cl)sc2Cl)CCc2c1[nH]c1ccccc21. The van der Waals surface area contributed by atoms with Gasteiger partial charge in [-0.3, -0.25) is 4.79 Å². The molecule has 0 aliphatic carbocycles. The Morgan fingerprint density at radius 3 is 2.79 bits per heavy atom. The molecule has 0 spiro atoms. The maximum Gasteiger partial charge on any atom is 0.341 e. The first-order valence-corrected chi connectivity index (χ1v) is 10.3. The highest BCUT2D eigenvalue weighted by Crippen LogP contribution is 2.35. The fourth-order valence-electron chi connectivity index (χ4n) is 3.37. The molecule has 0 radical (unpaired) electrons. The Hall–Kier alpha value is -2.28. The van der Waals surface area contributed by atoms with Gasteiger partial charge in [-0.05, 0) is 31.0 Å². The molecule has 1 aromatic carbocycles. The van der Waals surface area contributed by atoms with Crippen molar-refractivity contribution in [1.82, 2.24) is 9.88 Å². The number of hydrogen-bond acceptors (Lipinski definition) is 4. The summed E-state index contributed by atoms with van der Waals surface area (Å²) in [6.07, 6.45) is 2.13. The fourth-order valence-corrected chi connectivity index (χ4v) is 4.82. The standard InChI is InChI=1S/C20H16Cl2N2O3S/c1-2-27-20(26)14-10-24(19(25)13-9-16(21)28-18(13)22)8-7-12-11-5-3-4-6-15(11)23-17(12)14/h3-6,9-10,23H,2,7-8H2,1H3. The zero-order valence-corrected chi connectivity index (χ0v) is 17.2. The number of nitrogens with zero attached hydrogens (tertiary/aromatic N) is 1. The average Bonchev–Trinajstić information content (AvgIpc) is 3.14. The molecule has 0 saturated carbocycles. The van der Waals surface area contributed by atoms with Gasteiger partial charge in [-0.15, -0.1) is 11.3 Å². The lowest BCUT2D eigenvalue weighted by Gasteiger charge is -2.17. The number of rotatable bonds is 3. The summed E-state index contributed by atoms with van der Waals surface area (Å²) >= 11 is 13.3. The number of para-hydroxylation sites is 1. The molecule has 0 bridgehead atoms. The zero-order valence-electron chi connectivity index (χ0n) is 14.9. The number of amides is 1. The van der Waals surface area contributed by atoms with E-state index < -0.39 is 5.97 Å². The van der Waals surface area contributed by atoms with E-state index in [2.05, 4.69) is 4.98 Å². The van der Waals surface area contributed by atoms with E-state index >= 15 is 0 Å². The van der Waals surface area contributed by atoms with Gasteiger partial charge in [-0.2, -0.15) is 0 Å². The van der Waals surface area contributed by atoms with Crippen molar-refractivity contribution in [3.05, 3.63) is 62.0 Å². The van der Waals surface area contributed by atoms with Crippen molar-refractivity contribution in [2.24, 2.45) is 0 Å². The highest BCUT2D eigenvalue weighted by Gasteiger charge is 2.28. The Morgan fingerprint density at radius 1 is 1.29 bits per heavy atom. The van der Waals surface area contributed by atoms with Crippen LogP contribution in [0.5, 0.6) is 0 Å². The Balaban J connectivity index is 1.81. The maximum absolute atomic E-state index is 13.0. The number of carbonyl (C=O) groups is 2. The zero-order chi connectivity index (χ0) is 19.8. The van der Waals surface area contributed by atoms with Crippen molar-refractivity contribution in [1.29, 1.82) is 0 Å². The van der Waals surface area contributed by atoms with Gasteiger partial charge in [-0.1, -0.05) is 41.4 Å². The molecule has 1 aliphatic heterocycles.